The van der Waals surface area contributed by atoms with E-state index in [1.54, 1.807) is 7.11 Å². The Bertz CT molecular complexity index is 506. The second-order valence-corrected chi connectivity index (χ2v) is 3.95. The van der Waals surface area contributed by atoms with Crippen LogP contribution in [-0.4, -0.2) is 32.2 Å². The van der Waals surface area contributed by atoms with E-state index in [4.69, 9.17) is 10.5 Å². The van der Waals surface area contributed by atoms with Crippen LogP contribution in [0.1, 0.15) is 22.8 Å². The number of hydrogen-bond donors (Lipinski definition) is 2. The molecule has 0 heterocycles. The zero-order valence-corrected chi connectivity index (χ0v) is 11.0. The Hall–Kier alpha value is -1.90. The molecule has 1 atom stereocenters. The number of halogens is 1. The van der Waals surface area contributed by atoms with Crippen LogP contribution in [0.15, 0.2) is 18.2 Å². The number of carbonyl (C=O) groups is 1. The zero-order valence-electron chi connectivity index (χ0n) is 11.0. The standard InChI is InChI=1S/C14H17FN2O2/c1-10(19-2)9-17-14(18)13-6-5-12(15)8-11(13)4-3-7-16/h5-6,8,10H,7,9,16H2,1-2H3,(H,17,18). The molecule has 0 aliphatic rings. The average Bonchev–Trinajstić information content (AvgIpc) is 2.42. The quantitative estimate of drug-likeness (QED) is 0.794. The van der Waals surface area contributed by atoms with E-state index in [-0.39, 0.29) is 18.6 Å². The molecule has 19 heavy (non-hydrogen) atoms. The van der Waals surface area contributed by atoms with E-state index in [1.165, 1.54) is 18.2 Å². The summed E-state index contributed by atoms with van der Waals surface area (Å²) in [6, 6.07) is 3.85. The summed E-state index contributed by atoms with van der Waals surface area (Å²) in [5, 5.41) is 2.70. The van der Waals surface area contributed by atoms with Crippen molar-refractivity contribution in [2.75, 3.05) is 20.2 Å². The Kier molecular flexibility index (Phi) is 6.00. The van der Waals surface area contributed by atoms with E-state index in [9.17, 15) is 9.18 Å². The van der Waals surface area contributed by atoms with Crippen LogP contribution in [0.5, 0.6) is 0 Å². The molecule has 1 rings (SSSR count). The second-order valence-electron chi connectivity index (χ2n) is 3.95. The summed E-state index contributed by atoms with van der Waals surface area (Å²) in [5.74, 6) is 4.54. The molecule has 3 N–H and O–H groups in total. The Morgan fingerprint density at radius 2 is 2.32 bits per heavy atom. The lowest BCUT2D eigenvalue weighted by molar-refractivity contribution is 0.0870. The van der Waals surface area contributed by atoms with Gasteiger partial charge in [0.1, 0.15) is 5.82 Å². The molecule has 1 aromatic carbocycles. The Morgan fingerprint density at radius 3 is 2.95 bits per heavy atom. The van der Waals surface area contributed by atoms with Crippen molar-refractivity contribution in [1.82, 2.24) is 5.32 Å². The van der Waals surface area contributed by atoms with Gasteiger partial charge in [-0.1, -0.05) is 11.8 Å². The first-order chi connectivity index (χ1) is 9.08. The molecule has 0 spiro atoms. The monoisotopic (exact) mass is 264 g/mol. The highest BCUT2D eigenvalue weighted by Crippen LogP contribution is 2.10. The lowest BCUT2D eigenvalue weighted by Crippen LogP contribution is -2.32. The van der Waals surface area contributed by atoms with Gasteiger partial charge in [-0.25, -0.2) is 4.39 Å². The van der Waals surface area contributed by atoms with Crippen molar-refractivity contribution < 1.29 is 13.9 Å². The number of nitrogens with two attached hydrogens (primary N) is 1. The van der Waals surface area contributed by atoms with Crippen LogP contribution in [0.3, 0.4) is 0 Å². The fraction of sp³-hybridized carbons (Fsp3) is 0.357. The molecule has 0 saturated carbocycles. The van der Waals surface area contributed by atoms with Gasteiger partial charge in [0.05, 0.1) is 18.2 Å². The zero-order chi connectivity index (χ0) is 14.3. The van der Waals surface area contributed by atoms with Crippen molar-refractivity contribution in [1.29, 1.82) is 0 Å². The fourth-order valence-corrected chi connectivity index (χ4v) is 1.38. The predicted molar refractivity (Wildman–Crippen MR) is 71.1 cm³/mol. The summed E-state index contributed by atoms with van der Waals surface area (Å²) in [4.78, 5) is 12.0. The third kappa shape index (κ3) is 4.70. The second kappa shape index (κ2) is 7.52. The van der Waals surface area contributed by atoms with Gasteiger partial charge < -0.3 is 15.8 Å². The topological polar surface area (TPSA) is 64.3 Å². The van der Waals surface area contributed by atoms with Crippen LogP contribution in [0, 0.1) is 17.7 Å². The summed E-state index contributed by atoms with van der Waals surface area (Å²) in [6.07, 6.45) is -0.0945. The molecule has 1 amide bonds. The molecular weight excluding hydrogens is 247 g/mol. The smallest absolute Gasteiger partial charge is 0.252 e. The van der Waals surface area contributed by atoms with Crippen molar-refractivity contribution in [2.45, 2.75) is 13.0 Å². The molecular formula is C14H17FN2O2. The van der Waals surface area contributed by atoms with Gasteiger partial charge in [0.15, 0.2) is 0 Å². The molecule has 1 unspecified atom stereocenters. The van der Waals surface area contributed by atoms with Crippen LogP contribution in [0.25, 0.3) is 0 Å². The van der Waals surface area contributed by atoms with Gasteiger partial charge in [0.25, 0.3) is 5.91 Å². The van der Waals surface area contributed by atoms with E-state index >= 15 is 0 Å². The number of nitrogens with one attached hydrogen (secondary N) is 1. The van der Waals surface area contributed by atoms with Gasteiger partial charge in [-0.2, -0.15) is 0 Å². The van der Waals surface area contributed by atoms with Gasteiger partial charge in [-0.15, -0.1) is 0 Å². The fourth-order valence-electron chi connectivity index (χ4n) is 1.38. The van der Waals surface area contributed by atoms with Gasteiger partial charge in [0.2, 0.25) is 0 Å². The first-order valence-electron chi connectivity index (χ1n) is 5.88. The molecule has 0 fully saturated rings. The van der Waals surface area contributed by atoms with E-state index < -0.39 is 5.82 Å². The molecule has 0 aliphatic heterocycles. The third-order valence-electron chi connectivity index (χ3n) is 2.50. The van der Waals surface area contributed by atoms with Gasteiger partial charge >= 0.3 is 0 Å². The number of carbonyl (C=O) groups excluding carboxylic acids is 1. The molecule has 4 nitrogen and oxygen atoms in total. The SMILES string of the molecule is COC(C)CNC(=O)c1ccc(F)cc1C#CCN. The maximum Gasteiger partial charge on any atom is 0.252 e. The maximum absolute atomic E-state index is 13.2. The van der Waals surface area contributed by atoms with E-state index in [0.717, 1.165) is 0 Å². The van der Waals surface area contributed by atoms with E-state index in [2.05, 4.69) is 17.2 Å². The number of amides is 1. The van der Waals surface area contributed by atoms with E-state index in [0.29, 0.717) is 17.7 Å². The highest BCUT2D eigenvalue weighted by Gasteiger charge is 2.12. The van der Waals surface area contributed by atoms with Crippen molar-refractivity contribution in [3.05, 3.63) is 35.1 Å². The Labute approximate surface area is 112 Å². The van der Waals surface area contributed by atoms with Crippen molar-refractivity contribution >= 4 is 5.91 Å². The summed E-state index contributed by atoms with van der Waals surface area (Å²) in [6.45, 7) is 2.36. The summed E-state index contributed by atoms with van der Waals surface area (Å²) in [7, 11) is 1.56. The van der Waals surface area contributed by atoms with Crippen LogP contribution < -0.4 is 11.1 Å². The minimum atomic E-state index is -0.442. The molecule has 0 radical (unpaired) electrons. The number of ether oxygens (including phenoxy) is 1. The first kappa shape index (κ1) is 15.2. The highest BCUT2D eigenvalue weighted by atomic mass is 19.1. The van der Waals surface area contributed by atoms with Crippen molar-refractivity contribution in [3.8, 4) is 11.8 Å². The maximum atomic E-state index is 13.2. The third-order valence-corrected chi connectivity index (χ3v) is 2.50. The summed E-state index contributed by atoms with van der Waals surface area (Å²) < 4.78 is 18.2. The highest BCUT2D eigenvalue weighted by molar-refractivity contribution is 5.96. The number of rotatable bonds is 4. The van der Waals surface area contributed by atoms with Crippen LogP contribution in [0.4, 0.5) is 4.39 Å². The predicted octanol–water partition coefficient (Wildman–Crippen LogP) is 0.901. The number of benzene rings is 1. The summed E-state index contributed by atoms with van der Waals surface area (Å²) >= 11 is 0. The lowest BCUT2D eigenvalue weighted by Gasteiger charge is -2.11. The number of methoxy groups -OCH3 is 1. The van der Waals surface area contributed by atoms with E-state index in [1.807, 2.05) is 6.92 Å². The largest absolute Gasteiger partial charge is 0.380 e. The summed E-state index contributed by atoms with van der Waals surface area (Å²) in [5.41, 5.74) is 5.92. The van der Waals surface area contributed by atoms with Crippen molar-refractivity contribution in [2.24, 2.45) is 5.73 Å². The van der Waals surface area contributed by atoms with Gasteiger partial charge in [0, 0.05) is 19.2 Å². The number of hydrogen-bond acceptors (Lipinski definition) is 3. The Balaban J connectivity index is 2.89. The molecule has 1 aromatic rings. The molecule has 0 saturated heterocycles. The Morgan fingerprint density at radius 1 is 1.58 bits per heavy atom. The van der Waals surface area contributed by atoms with Crippen molar-refractivity contribution in [3.63, 3.8) is 0 Å². The van der Waals surface area contributed by atoms with Gasteiger partial charge in [-0.3, -0.25) is 4.79 Å². The normalized spacial score (nSPS) is 11.4. The van der Waals surface area contributed by atoms with Crippen LogP contribution >= 0.6 is 0 Å². The molecule has 5 heteroatoms. The molecule has 0 aliphatic carbocycles. The molecule has 0 aromatic heterocycles. The van der Waals surface area contributed by atoms with Crippen LogP contribution in [-0.2, 0) is 4.74 Å². The minimum absolute atomic E-state index is 0.0945. The van der Waals surface area contributed by atoms with Gasteiger partial charge in [-0.05, 0) is 25.1 Å². The minimum Gasteiger partial charge on any atom is -0.380 e. The van der Waals surface area contributed by atoms with Crippen LogP contribution in [0.2, 0.25) is 0 Å². The average molecular weight is 264 g/mol. The molecule has 0 bridgehead atoms. The molecule has 102 valence electrons. The first-order valence-corrected chi connectivity index (χ1v) is 5.88. The lowest BCUT2D eigenvalue weighted by atomic mass is 10.1.